The number of benzene rings is 2. The fourth-order valence-corrected chi connectivity index (χ4v) is 5.61. The Hall–Kier alpha value is -2.27. The van der Waals surface area contributed by atoms with Gasteiger partial charge in [-0.05, 0) is 30.2 Å². The van der Waals surface area contributed by atoms with E-state index in [2.05, 4.69) is 5.32 Å². The fourth-order valence-electron chi connectivity index (χ4n) is 3.46. The van der Waals surface area contributed by atoms with E-state index in [1.54, 1.807) is 13.0 Å². The van der Waals surface area contributed by atoms with Crippen molar-refractivity contribution in [2.75, 3.05) is 44.0 Å². The first kappa shape index (κ1) is 23.4. The van der Waals surface area contributed by atoms with Crippen LogP contribution in [0.1, 0.15) is 17.2 Å². The Morgan fingerprint density at radius 3 is 2.26 bits per heavy atom. The van der Waals surface area contributed by atoms with Gasteiger partial charge in [0.25, 0.3) is 0 Å². The number of amides is 1. The Morgan fingerprint density at radius 2 is 1.68 bits per heavy atom. The number of rotatable bonds is 6. The van der Waals surface area contributed by atoms with E-state index in [4.69, 9.17) is 0 Å². The topological polar surface area (TPSA) is 104 Å². The van der Waals surface area contributed by atoms with Crippen LogP contribution in [0, 0.1) is 6.92 Å². The van der Waals surface area contributed by atoms with Gasteiger partial charge in [0.2, 0.25) is 15.9 Å². The molecular weight excluding hydrogens is 438 g/mol. The molecule has 1 atom stereocenters. The molecule has 0 aliphatic carbocycles. The van der Waals surface area contributed by atoms with Crippen LogP contribution in [0.5, 0.6) is 0 Å². The minimum atomic E-state index is -3.65. The molecule has 2 aromatic rings. The van der Waals surface area contributed by atoms with Crippen LogP contribution in [0.3, 0.4) is 0 Å². The summed E-state index contributed by atoms with van der Waals surface area (Å²) in [4.78, 5) is 15.3. The highest BCUT2D eigenvalue weighted by Gasteiger charge is 2.33. The van der Waals surface area contributed by atoms with E-state index >= 15 is 0 Å². The average Bonchev–Trinajstić information content (AvgIpc) is 2.71. The molecule has 1 heterocycles. The summed E-state index contributed by atoms with van der Waals surface area (Å²) in [7, 11) is -3.86. The number of nitrogens with zero attached hydrogens (tertiary/aromatic N) is 2. The van der Waals surface area contributed by atoms with Gasteiger partial charge >= 0.3 is 0 Å². The molecule has 8 nitrogen and oxygen atoms in total. The Bertz CT molecular complexity index is 1150. The van der Waals surface area contributed by atoms with E-state index in [0.717, 1.165) is 15.4 Å². The molecule has 0 saturated carbocycles. The third kappa shape index (κ3) is 5.32. The van der Waals surface area contributed by atoms with E-state index in [0.29, 0.717) is 5.69 Å². The number of carbonyl (C=O) groups excluding carboxylic acids is 1. The lowest BCUT2D eigenvalue weighted by molar-refractivity contribution is -0.121. The molecule has 10 heteroatoms. The lowest BCUT2D eigenvalue weighted by Crippen LogP contribution is -2.46. The molecule has 3 rings (SSSR count). The summed E-state index contributed by atoms with van der Waals surface area (Å²) in [5, 5.41) is 2.87. The van der Waals surface area contributed by atoms with Crippen molar-refractivity contribution in [2.24, 2.45) is 0 Å². The van der Waals surface area contributed by atoms with Gasteiger partial charge in [0.1, 0.15) is 6.04 Å². The average molecular weight is 466 g/mol. The van der Waals surface area contributed by atoms with Crippen molar-refractivity contribution >= 4 is 31.5 Å². The third-order valence-corrected chi connectivity index (χ3v) is 8.77. The van der Waals surface area contributed by atoms with Crippen LogP contribution in [-0.2, 0) is 24.7 Å². The molecule has 1 unspecified atom stereocenters. The number of sulfone groups is 1. The maximum Gasteiger partial charge on any atom is 0.246 e. The number of hydrogen-bond donors (Lipinski definition) is 1. The molecule has 1 aliphatic rings. The maximum absolute atomic E-state index is 13.4. The molecule has 0 bridgehead atoms. The van der Waals surface area contributed by atoms with E-state index in [1.165, 1.54) is 26.2 Å². The minimum absolute atomic E-state index is 0.000789. The normalized spacial score (nSPS) is 17.9. The first-order chi connectivity index (χ1) is 14.5. The van der Waals surface area contributed by atoms with Gasteiger partial charge in [-0.1, -0.05) is 36.4 Å². The summed E-state index contributed by atoms with van der Waals surface area (Å²) < 4.78 is 49.8. The summed E-state index contributed by atoms with van der Waals surface area (Å²) >= 11 is 0. The number of nitrogens with one attached hydrogen (secondary N) is 1. The minimum Gasteiger partial charge on any atom is -0.324 e. The van der Waals surface area contributed by atoms with Crippen molar-refractivity contribution in [2.45, 2.75) is 17.9 Å². The summed E-state index contributed by atoms with van der Waals surface area (Å²) in [5.41, 5.74) is 1.87. The smallest absolute Gasteiger partial charge is 0.246 e. The highest BCUT2D eigenvalue weighted by atomic mass is 32.2. The first-order valence-electron chi connectivity index (χ1n) is 9.85. The summed E-state index contributed by atoms with van der Waals surface area (Å²) in [6.07, 6.45) is 0. The lowest BCUT2D eigenvalue weighted by Gasteiger charge is -2.33. The van der Waals surface area contributed by atoms with E-state index < -0.39 is 25.9 Å². The number of carbonyl (C=O) groups is 1. The van der Waals surface area contributed by atoms with Crippen LogP contribution in [0.2, 0.25) is 0 Å². The third-order valence-electron chi connectivity index (χ3n) is 5.35. The van der Waals surface area contributed by atoms with Gasteiger partial charge in [-0.15, -0.1) is 0 Å². The molecule has 1 amide bonds. The second-order valence-electron chi connectivity index (χ2n) is 7.75. The summed E-state index contributed by atoms with van der Waals surface area (Å²) in [5.74, 6) is -0.341. The van der Waals surface area contributed by atoms with E-state index in [-0.39, 0.29) is 35.4 Å². The summed E-state index contributed by atoms with van der Waals surface area (Å²) in [6, 6.07) is 13.1. The molecule has 168 valence electrons. The molecule has 0 aromatic heterocycles. The largest absolute Gasteiger partial charge is 0.324 e. The number of anilines is 1. The van der Waals surface area contributed by atoms with Gasteiger partial charge in [0.05, 0.1) is 16.4 Å². The molecular formula is C21H27N3O5S2. The molecule has 1 aliphatic heterocycles. The molecule has 1 fully saturated rings. The van der Waals surface area contributed by atoms with Crippen LogP contribution in [0.4, 0.5) is 5.69 Å². The predicted octanol–water partition coefficient (Wildman–Crippen LogP) is 1.66. The Balaban J connectivity index is 1.93. The zero-order valence-corrected chi connectivity index (χ0v) is 19.4. The van der Waals surface area contributed by atoms with Crippen LogP contribution >= 0.6 is 0 Å². The molecule has 1 saturated heterocycles. The van der Waals surface area contributed by atoms with E-state index in [9.17, 15) is 21.6 Å². The van der Waals surface area contributed by atoms with Crippen LogP contribution in [-0.4, -0.2) is 70.6 Å². The highest BCUT2D eigenvalue weighted by molar-refractivity contribution is 7.91. The van der Waals surface area contributed by atoms with Crippen LogP contribution < -0.4 is 5.32 Å². The van der Waals surface area contributed by atoms with Crippen LogP contribution in [0.15, 0.2) is 53.4 Å². The standard InChI is InChI=1S/C21H27N3O5S2/c1-16-9-10-18(31(28,29)23(2)3)15-19(16)22-21(25)20(17-7-5-4-6-8-17)24-11-13-30(26,27)14-12-24/h4-10,15,20H,11-14H2,1-3H3,(H,22,25). The SMILES string of the molecule is Cc1ccc(S(=O)(=O)N(C)C)cc1NC(=O)C(c1ccccc1)N1CCS(=O)(=O)CC1. The number of sulfonamides is 1. The zero-order valence-electron chi connectivity index (χ0n) is 17.8. The zero-order chi connectivity index (χ0) is 22.8. The first-order valence-corrected chi connectivity index (χ1v) is 13.1. The van der Waals surface area contributed by atoms with Crippen molar-refractivity contribution in [1.82, 2.24) is 9.21 Å². The Morgan fingerprint density at radius 1 is 1.06 bits per heavy atom. The molecule has 0 radical (unpaired) electrons. The van der Waals surface area contributed by atoms with Crippen molar-refractivity contribution in [3.05, 3.63) is 59.7 Å². The van der Waals surface area contributed by atoms with Gasteiger partial charge in [-0.3, -0.25) is 9.69 Å². The Kier molecular flexibility index (Phi) is 6.85. The van der Waals surface area contributed by atoms with Gasteiger partial charge in [-0.25, -0.2) is 21.1 Å². The lowest BCUT2D eigenvalue weighted by atomic mass is 10.0. The molecule has 31 heavy (non-hydrogen) atoms. The molecule has 1 N–H and O–H groups in total. The van der Waals surface area contributed by atoms with Gasteiger partial charge in [0, 0.05) is 32.9 Å². The highest BCUT2D eigenvalue weighted by Crippen LogP contribution is 2.27. The second kappa shape index (κ2) is 9.07. The molecule has 2 aromatic carbocycles. The Labute approximate surface area is 183 Å². The van der Waals surface area contributed by atoms with E-state index in [1.807, 2.05) is 35.2 Å². The maximum atomic E-state index is 13.4. The van der Waals surface area contributed by atoms with Crippen LogP contribution in [0.25, 0.3) is 0 Å². The number of hydrogen-bond acceptors (Lipinski definition) is 6. The quantitative estimate of drug-likeness (QED) is 0.696. The molecule has 0 spiro atoms. The second-order valence-corrected chi connectivity index (χ2v) is 12.2. The predicted molar refractivity (Wildman–Crippen MR) is 120 cm³/mol. The van der Waals surface area contributed by atoms with Gasteiger partial charge in [-0.2, -0.15) is 0 Å². The number of aryl methyl sites for hydroxylation is 1. The van der Waals surface area contributed by atoms with Crippen molar-refractivity contribution in [3.63, 3.8) is 0 Å². The van der Waals surface area contributed by atoms with Crippen molar-refractivity contribution in [3.8, 4) is 0 Å². The van der Waals surface area contributed by atoms with Gasteiger partial charge in [0.15, 0.2) is 9.84 Å². The van der Waals surface area contributed by atoms with Crippen molar-refractivity contribution in [1.29, 1.82) is 0 Å². The monoisotopic (exact) mass is 465 g/mol. The fraction of sp³-hybridized carbons (Fsp3) is 0.381. The summed E-state index contributed by atoms with van der Waals surface area (Å²) in [6.45, 7) is 2.29. The van der Waals surface area contributed by atoms with Gasteiger partial charge < -0.3 is 5.32 Å². The van der Waals surface area contributed by atoms with Crippen molar-refractivity contribution < 1.29 is 21.6 Å².